The lowest BCUT2D eigenvalue weighted by Crippen LogP contribution is -2.53. The molecule has 0 bridgehead atoms. The van der Waals surface area contributed by atoms with E-state index in [1.165, 1.54) is 44.1 Å². The summed E-state index contributed by atoms with van der Waals surface area (Å²) in [5, 5.41) is 0. The molecule has 6 atom stereocenters. The van der Waals surface area contributed by atoms with Crippen molar-refractivity contribution in [2.45, 2.75) is 71.6 Å². The topological polar surface area (TPSA) is 17.1 Å². The Morgan fingerprint density at radius 2 is 1.86 bits per heavy atom. The maximum atomic E-state index is 12.4. The van der Waals surface area contributed by atoms with Gasteiger partial charge in [-0.05, 0) is 67.6 Å². The molecule has 0 aromatic carbocycles. The van der Waals surface area contributed by atoms with Gasteiger partial charge in [-0.1, -0.05) is 38.8 Å². The van der Waals surface area contributed by atoms with Crippen molar-refractivity contribution in [3.63, 3.8) is 0 Å². The zero-order valence-corrected chi connectivity index (χ0v) is 13.8. The molecule has 0 spiro atoms. The van der Waals surface area contributed by atoms with Crippen LogP contribution in [0.2, 0.25) is 0 Å². The number of fused-ring (bicyclic) bond motifs is 5. The highest BCUT2D eigenvalue weighted by atomic mass is 16.1. The lowest BCUT2D eigenvalue weighted by molar-refractivity contribution is -0.135. The summed E-state index contributed by atoms with van der Waals surface area (Å²) in [5.74, 6) is 3.60. The van der Waals surface area contributed by atoms with Crippen molar-refractivity contribution >= 4 is 5.78 Å². The Bertz CT molecular complexity index is 492. The smallest absolute Gasteiger partial charge is 0.139 e. The zero-order chi connectivity index (χ0) is 14.8. The number of rotatable bonds is 0. The highest BCUT2D eigenvalue weighted by molar-refractivity contribution is 5.87. The molecule has 0 amide bonds. The van der Waals surface area contributed by atoms with E-state index in [2.05, 4.69) is 20.4 Å². The molecule has 0 saturated heterocycles. The van der Waals surface area contributed by atoms with Crippen molar-refractivity contribution in [3.8, 4) is 0 Å². The first-order chi connectivity index (χ1) is 9.97. The summed E-state index contributed by atoms with van der Waals surface area (Å²) < 4.78 is 0. The van der Waals surface area contributed by atoms with Gasteiger partial charge in [0.05, 0.1) is 0 Å². The van der Waals surface area contributed by atoms with Crippen molar-refractivity contribution < 1.29 is 4.79 Å². The molecule has 4 aliphatic carbocycles. The molecule has 4 fully saturated rings. The molecular weight excluding hydrogens is 256 g/mol. The summed E-state index contributed by atoms with van der Waals surface area (Å²) >= 11 is 0. The Balaban J connectivity index is 1.71. The van der Waals surface area contributed by atoms with Crippen molar-refractivity contribution in [2.75, 3.05) is 0 Å². The second-order valence-electron chi connectivity index (χ2n) is 8.96. The Kier molecular flexibility index (Phi) is 2.98. The second kappa shape index (κ2) is 4.46. The quantitative estimate of drug-likeness (QED) is 0.562. The monoisotopic (exact) mass is 286 g/mol. The molecule has 0 N–H and O–H groups in total. The molecule has 4 aliphatic rings. The summed E-state index contributed by atoms with van der Waals surface area (Å²) in [6, 6.07) is 0. The van der Waals surface area contributed by atoms with Gasteiger partial charge in [-0.25, -0.2) is 0 Å². The van der Waals surface area contributed by atoms with Gasteiger partial charge in [-0.2, -0.15) is 0 Å². The second-order valence-corrected chi connectivity index (χ2v) is 8.96. The third-order valence-corrected chi connectivity index (χ3v) is 8.24. The standard InChI is InChI=1S/C20H30O/c1-13-12-14-16-7-8-18(21)20(16,3)11-9-17(14)19(2)10-5-4-6-15(13)19/h14-17H,1,4-12H2,2-3H3/t14?,15?,16?,17?,19-,20-/m0/s1. The molecule has 21 heavy (non-hydrogen) atoms. The van der Waals surface area contributed by atoms with Crippen molar-refractivity contribution in [2.24, 2.45) is 34.5 Å². The molecule has 0 aliphatic heterocycles. The predicted octanol–water partition coefficient (Wildman–Crippen LogP) is 5.15. The van der Waals surface area contributed by atoms with E-state index in [0.29, 0.717) is 17.1 Å². The van der Waals surface area contributed by atoms with Gasteiger partial charge in [0.15, 0.2) is 0 Å². The number of allylic oxidation sites excluding steroid dienone is 1. The Morgan fingerprint density at radius 1 is 1.05 bits per heavy atom. The molecule has 116 valence electrons. The molecule has 4 rings (SSSR count). The largest absolute Gasteiger partial charge is 0.299 e. The molecule has 0 radical (unpaired) electrons. The lowest BCUT2D eigenvalue weighted by Gasteiger charge is -2.60. The van der Waals surface area contributed by atoms with Gasteiger partial charge in [0.1, 0.15) is 5.78 Å². The summed E-state index contributed by atoms with van der Waals surface area (Å²) in [4.78, 5) is 12.4. The fraction of sp³-hybridized carbons (Fsp3) is 0.850. The molecule has 0 heterocycles. The molecular formula is C20H30O. The average molecular weight is 286 g/mol. The van der Waals surface area contributed by atoms with Crippen molar-refractivity contribution in [1.29, 1.82) is 0 Å². The maximum absolute atomic E-state index is 12.4. The highest BCUT2D eigenvalue weighted by Gasteiger charge is 2.60. The van der Waals surface area contributed by atoms with Crippen LogP contribution in [-0.4, -0.2) is 5.78 Å². The van der Waals surface area contributed by atoms with Gasteiger partial charge < -0.3 is 0 Å². The summed E-state index contributed by atoms with van der Waals surface area (Å²) in [7, 11) is 0. The van der Waals surface area contributed by atoms with Crippen LogP contribution in [0.1, 0.15) is 71.6 Å². The Morgan fingerprint density at radius 3 is 2.67 bits per heavy atom. The summed E-state index contributed by atoms with van der Waals surface area (Å²) in [6.07, 6.45) is 11.3. The molecule has 4 saturated carbocycles. The average Bonchev–Trinajstić information content (AvgIpc) is 2.75. The summed E-state index contributed by atoms with van der Waals surface area (Å²) in [6.45, 7) is 9.35. The van der Waals surface area contributed by atoms with E-state index in [4.69, 9.17) is 0 Å². The third-order valence-electron chi connectivity index (χ3n) is 8.24. The SMILES string of the molecule is C=C1CC2C(CC[C@]3(C)C(=O)CCC23)[C@@]2(C)CCCCC12. The molecule has 4 unspecified atom stereocenters. The van der Waals surface area contributed by atoms with E-state index in [1.807, 2.05) is 0 Å². The van der Waals surface area contributed by atoms with Gasteiger partial charge in [-0.15, -0.1) is 0 Å². The minimum absolute atomic E-state index is 0.0132. The number of ketones is 1. The van der Waals surface area contributed by atoms with Crippen molar-refractivity contribution in [3.05, 3.63) is 12.2 Å². The van der Waals surface area contributed by atoms with Crippen LogP contribution in [0.15, 0.2) is 12.2 Å². The summed E-state index contributed by atoms with van der Waals surface area (Å²) in [5.41, 5.74) is 2.03. The number of carbonyl (C=O) groups excluding carboxylic acids is 1. The molecule has 0 aromatic heterocycles. The van der Waals surface area contributed by atoms with Crippen LogP contribution in [0.5, 0.6) is 0 Å². The number of carbonyl (C=O) groups is 1. The van der Waals surface area contributed by atoms with E-state index >= 15 is 0 Å². The van der Waals surface area contributed by atoms with Crippen LogP contribution in [0, 0.1) is 34.5 Å². The molecule has 0 aromatic rings. The van der Waals surface area contributed by atoms with Gasteiger partial charge in [0.2, 0.25) is 0 Å². The molecule has 1 heteroatoms. The van der Waals surface area contributed by atoms with Crippen LogP contribution in [0.25, 0.3) is 0 Å². The number of Topliss-reactive ketones (excluding diaryl/α,β-unsaturated/α-hetero) is 1. The fourth-order valence-corrected chi connectivity index (χ4v) is 7.08. The number of hydrogen-bond acceptors (Lipinski definition) is 1. The van der Waals surface area contributed by atoms with E-state index in [9.17, 15) is 4.79 Å². The molecule has 1 nitrogen and oxygen atoms in total. The highest BCUT2D eigenvalue weighted by Crippen LogP contribution is 2.66. The van der Waals surface area contributed by atoms with Crippen LogP contribution in [-0.2, 0) is 4.79 Å². The Labute approximate surface area is 129 Å². The lowest BCUT2D eigenvalue weighted by atomic mass is 9.44. The maximum Gasteiger partial charge on any atom is 0.139 e. The van der Waals surface area contributed by atoms with Crippen LogP contribution < -0.4 is 0 Å². The van der Waals surface area contributed by atoms with Gasteiger partial charge in [0.25, 0.3) is 0 Å². The van der Waals surface area contributed by atoms with E-state index in [1.54, 1.807) is 0 Å². The first-order valence-corrected chi connectivity index (χ1v) is 9.18. The third kappa shape index (κ3) is 1.72. The van der Waals surface area contributed by atoms with Crippen molar-refractivity contribution in [1.82, 2.24) is 0 Å². The minimum Gasteiger partial charge on any atom is -0.299 e. The minimum atomic E-state index is 0.0132. The van der Waals surface area contributed by atoms with E-state index in [0.717, 1.165) is 37.0 Å². The van der Waals surface area contributed by atoms with Gasteiger partial charge in [0, 0.05) is 11.8 Å². The number of hydrogen-bond donors (Lipinski definition) is 0. The predicted molar refractivity (Wildman–Crippen MR) is 85.9 cm³/mol. The zero-order valence-electron chi connectivity index (χ0n) is 13.8. The fourth-order valence-electron chi connectivity index (χ4n) is 7.08. The Hall–Kier alpha value is -0.590. The van der Waals surface area contributed by atoms with Gasteiger partial charge >= 0.3 is 0 Å². The van der Waals surface area contributed by atoms with Crippen LogP contribution in [0.3, 0.4) is 0 Å². The normalized spacial score (nSPS) is 53.0. The van der Waals surface area contributed by atoms with E-state index < -0.39 is 0 Å². The first-order valence-electron chi connectivity index (χ1n) is 9.18. The van der Waals surface area contributed by atoms with Crippen LogP contribution >= 0.6 is 0 Å². The van der Waals surface area contributed by atoms with Gasteiger partial charge in [-0.3, -0.25) is 4.79 Å². The first kappa shape index (κ1) is 14.0. The van der Waals surface area contributed by atoms with E-state index in [-0.39, 0.29) is 5.41 Å². The van der Waals surface area contributed by atoms with Crippen LogP contribution in [0.4, 0.5) is 0 Å².